The SMILES string of the molecule is COc1cccc(CNC(=O)COc2ccc(C)cc2)c1. The number of carbonyl (C=O) groups is 1. The molecule has 0 bridgehead atoms. The highest BCUT2D eigenvalue weighted by Crippen LogP contribution is 2.12. The summed E-state index contributed by atoms with van der Waals surface area (Å²) in [6.07, 6.45) is 0. The number of carbonyl (C=O) groups excluding carboxylic acids is 1. The summed E-state index contributed by atoms with van der Waals surface area (Å²) in [5.74, 6) is 1.31. The van der Waals surface area contributed by atoms with E-state index in [4.69, 9.17) is 9.47 Å². The third kappa shape index (κ3) is 4.84. The standard InChI is InChI=1S/C17H19NO3/c1-13-6-8-15(9-7-13)21-12-17(19)18-11-14-4-3-5-16(10-14)20-2/h3-10H,11-12H2,1-2H3,(H,18,19). The number of hydrogen-bond acceptors (Lipinski definition) is 3. The van der Waals surface area contributed by atoms with Crippen LogP contribution in [-0.4, -0.2) is 19.6 Å². The normalized spacial score (nSPS) is 10.0. The van der Waals surface area contributed by atoms with Crippen LogP contribution >= 0.6 is 0 Å². The van der Waals surface area contributed by atoms with E-state index in [0.717, 1.165) is 16.9 Å². The van der Waals surface area contributed by atoms with Gasteiger partial charge >= 0.3 is 0 Å². The van der Waals surface area contributed by atoms with Crippen LogP contribution in [0.1, 0.15) is 11.1 Å². The lowest BCUT2D eigenvalue weighted by molar-refractivity contribution is -0.123. The summed E-state index contributed by atoms with van der Waals surface area (Å²) in [5.41, 5.74) is 2.14. The van der Waals surface area contributed by atoms with Crippen LogP contribution in [0.25, 0.3) is 0 Å². The van der Waals surface area contributed by atoms with Gasteiger partial charge in [0.05, 0.1) is 7.11 Å². The summed E-state index contributed by atoms with van der Waals surface area (Å²) in [6, 6.07) is 15.2. The molecular formula is C17H19NO3. The average Bonchev–Trinajstić information content (AvgIpc) is 2.52. The van der Waals surface area contributed by atoms with E-state index in [1.54, 1.807) is 7.11 Å². The molecule has 0 aliphatic heterocycles. The predicted octanol–water partition coefficient (Wildman–Crippen LogP) is 2.70. The second-order valence-electron chi connectivity index (χ2n) is 4.73. The van der Waals surface area contributed by atoms with E-state index in [1.807, 2.05) is 55.5 Å². The topological polar surface area (TPSA) is 47.6 Å². The Balaban J connectivity index is 1.78. The van der Waals surface area contributed by atoms with Gasteiger partial charge in [-0.15, -0.1) is 0 Å². The lowest BCUT2D eigenvalue weighted by atomic mass is 10.2. The van der Waals surface area contributed by atoms with Crippen LogP contribution in [0.5, 0.6) is 11.5 Å². The molecule has 0 unspecified atom stereocenters. The van der Waals surface area contributed by atoms with Crippen molar-refractivity contribution in [2.45, 2.75) is 13.5 Å². The molecule has 0 radical (unpaired) electrons. The van der Waals surface area contributed by atoms with Crippen LogP contribution in [0, 0.1) is 6.92 Å². The second-order valence-corrected chi connectivity index (χ2v) is 4.73. The molecule has 2 rings (SSSR count). The Morgan fingerprint density at radius 1 is 1.10 bits per heavy atom. The number of methoxy groups -OCH3 is 1. The largest absolute Gasteiger partial charge is 0.497 e. The van der Waals surface area contributed by atoms with Crippen molar-refractivity contribution in [1.82, 2.24) is 5.32 Å². The Kier molecular flexibility index (Phi) is 5.21. The van der Waals surface area contributed by atoms with Gasteiger partial charge in [0.25, 0.3) is 5.91 Å². The molecule has 0 saturated heterocycles. The van der Waals surface area contributed by atoms with Crippen molar-refractivity contribution in [3.63, 3.8) is 0 Å². The first-order valence-corrected chi connectivity index (χ1v) is 6.76. The molecule has 0 atom stereocenters. The highest BCUT2D eigenvalue weighted by molar-refractivity contribution is 5.77. The molecule has 4 heteroatoms. The molecule has 0 saturated carbocycles. The van der Waals surface area contributed by atoms with Crippen molar-refractivity contribution in [2.75, 3.05) is 13.7 Å². The lowest BCUT2D eigenvalue weighted by Gasteiger charge is -2.08. The van der Waals surface area contributed by atoms with E-state index in [1.165, 1.54) is 0 Å². The molecule has 0 heterocycles. The molecule has 0 spiro atoms. The first kappa shape index (κ1) is 14.9. The summed E-state index contributed by atoms with van der Waals surface area (Å²) in [7, 11) is 1.62. The van der Waals surface area contributed by atoms with Crippen molar-refractivity contribution < 1.29 is 14.3 Å². The molecule has 0 aromatic heterocycles. The fourth-order valence-electron chi connectivity index (χ4n) is 1.82. The average molecular weight is 285 g/mol. The summed E-state index contributed by atoms with van der Waals surface area (Å²) in [4.78, 5) is 11.7. The van der Waals surface area contributed by atoms with Crippen LogP contribution in [0.15, 0.2) is 48.5 Å². The van der Waals surface area contributed by atoms with E-state index < -0.39 is 0 Å². The van der Waals surface area contributed by atoms with E-state index in [0.29, 0.717) is 12.3 Å². The molecule has 1 amide bonds. The van der Waals surface area contributed by atoms with Gasteiger partial charge in [0.1, 0.15) is 11.5 Å². The minimum atomic E-state index is -0.154. The first-order valence-electron chi connectivity index (χ1n) is 6.76. The zero-order chi connectivity index (χ0) is 15.1. The molecule has 2 aromatic rings. The van der Waals surface area contributed by atoms with Gasteiger partial charge in [-0.1, -0.05) is 29.8 Å². The Hall–Kier alpha value is -2.49. The Bertz CT molecular complexity index is 593. The Labute approximate surface area is 124 Å². The number of hydrogen-bond donors (Lipinski definition) is 1. The number of benzene rings is 2. The maximum absolute atomic E-state index is 11.7. The summed E-state index contributed by atoms with van der Waals surface area (Å²) >= 11 is 0. The minimum absolute atomic E-state index is 0.00697. The predicted molar refractivity (Wildman–Crippen MR) is 81.5 cm³/mol. The van der Waals surface area contributed by atoms with Gasteiger partial charge in [0.2, 0.25) is 0 Å². The van der Waals surface area contributed by atoms with Crippen LogP contribution in [0.3, 0.4) is 0 Å². The van der Waals surface area contributed by atoms with Crippen molar-refractivity contribution >= 4 is 5.91 Å². The quantitative estimate of drug-likeness (QED) is 0.887. The van der Waals surface area contributed by atoms with Gasteiger partial charge in [0, 0.05) is 6.54 Å². The molecule has 4 nitrogen and oxygen atoms in total. The third-order valence-electron chi connectivity index (χ3n) is 3.01. The van der Waals surface area contributed by atoms with Gasteiger partial charge in [0.15, 0.2) is 6.61 Å². The fraction of sp³-hybridized carbons (Fsp3) is 0.235. The summed E-state index contributed by atoms with van der Waals surface area (Å²) in [6.45, 7) is 2.46. The maximum atomic E-state index is 11.7. The van der Waals surface area contributed by atoms with Gasteiger partial charge in [-0.05, 0) is 36.8 Å². The summed E-state index contributed by atoms with van der Waals surface area (Å²) in [5, 5.41) is 2.81. The van der Waals surface area contributed by atoms with Crippen LogP contribution < -0.4 is 14.8 Å². The lowest BCUT2D eigenvalue weighted by Crippen LogP contribution is -2.28. The van der Waals surface area contributed by atoms with E-state index in [-0.39, 0.29) is 12.5 Å². The zero-order valence-electron chi connectivity index (χ0n) is 12.3. The monoisotopic (exact) mass is 285 g/mol. The Morgan fingerprint density at radius 3 is 2.57 bits per heavy atom. The number of nitrogens with one attached hydrogen (secondary N) is 1. The second kappa shape index (κ2) is 7.33. The van der Waals surface area contributed by atoms with Gasteiger partial charge in [-0.25, -0.2) is 0 Å². The first-order chi connectivity index (χ1) is 10.2. The number of ether oxygens (including phenoxy) is 2. The van der Waals surface area contributed by atoms with Crippen LogP contribution in [-0.2, 0) is 11.3 Å². The van der Waals surface area contributed by atoms with Crippen molar-refractivity contribution in [3.8, 4) is 11.5 Å². The number of amides is 1. The van der Waals surface area contributed by atoms with Crippen molar-refractivity contribution in [3.05, 3.63) is 59.7 Å². The molecule has 0 aliphatic carbocycles. The third-order valence-corrected chi connectivity index (χ3v) is 3.01. The van der Waals surface area contributed by atoms with Gasteiger partial charge < -0.3 is 14.8 Å². The molecule has 2 aromatic carbocycles. The number of aryl methyl sites for hydroxylation is 1. The molecule has 110 valence electrons. The molecule has 0 aliphatic rings. The van der Waals surface area contributed by atoms with E-state index >= 15 is 0 Å². The molecular weight excluding hydrogens is 266 g/mol. The highest BCUT2D eigenvalue weighted by Gasteiger charge is 2.03. The van der Waals surface area contributed by atoms with Gasteiger partial charge in [-0.3, -0.25) is 4.79 Å². The maximum Gasteiger partial charge on any atom is 0.258 e. The summed E-state index contributed by atoms with van der Waals surface area (Å²) < 4.78 is 10.6. The highest BCUT2D eigenvalue weighted by atomic mass is 16.5. The molecule has 1 N–H and O–H groups in total. The van der Waals surface area contributed by atoms with Gasteiger partial charge in [-0.2, -0.15) is 0 Å². The van der Waals surface area contributed by atoms with Crippen LogP contribution in [0.4, 0.5) is 0 Å². The smallest absolute Gasteiger partial charge is 0.258 e. The minimum Gasteiger partial charge on any atom is -0.497 e. The fourth-order valence-corrected chi connectivity index (χ4v) is 1.82. The van der Waals surface area contributed by atoms with Crippen LogP contribution in [0.2, 0.25) is 0 Å². The Morgan fingerprint density at radius 2 is 1.86 bits per heavy atom. The zero-order valence-corrected chi connectivity index (χ0v) is 12.3. The molecule has 21 heavy (non-hydrogen) atoms. The van der Waals surface area contributed by atoms with Crippen molar-refractivity contribution in [1.29, 1.82) is 0 Å². The molecule has 0 fully saturated rings. The number of rotatable bonds is 6. The van der Waals surface area contributed by atoms with E-state index in [2.05, 4.69) is 5.32 Å². The van der Waals surface area contributed by atoms with E-state index in [9.17, 15) is 4.79 Å². The van der Waals surface area contributed by atoms with Crippen molar-refractivity contribution in [2.24, 2.45) is 0 Å².